The molecule has 0 saturated carbocycles. The molecule has 1 aromatic carbocycles. The molecule has 2 aromatic rings. The molecule has 25 heavy (non-hydrogen) atoms. The van der Waals surface area contributed by atoms with Crippen LogP contribution in [0.3, 0.4) is 0 Å². The van der Waals surface area contributed by atoms with Crippen molar-refractivity contribution in [1.29, 1.82) is 0 Å². The molecule has 0 unspecified atom stereocenters. The van der Waals surface area contributed by atoms with E-state index in [9.17, 15) is 4.79 Å². The van der Waals surface area contributed by atoms with Gasteiger partial charge < -0.3 is 5.32 Å². The molecular formula is C19H27N5O. The lowest BCUT2D eigenvalue weighted by Crippen LogP contribution is -2.49. The van der Waals surface area contributed by atoms with Crippen molar-refractivity contribution >= 4 is 5.91 Å². The molecule has 0 aliphatic carbocycles. The fraction of sp³-hybridized carbons (Fsp3) is 0.526. The first-order chi connectivity index (χ1) is 12.0. The second-order valence-corrected chi connectivity index (χ2v) is 7.07. The van der Waals surface area contributed by atoms with Crippen LogP contribution in [-0.4, -0.2) is 43.9 Å². The van der Waals surface area contributed by atoms with E-state index in [0.717, 1.165) is 24.1 Å². The molecule has 6 nitrogen and oxygen atoms in total. The van der Waals surface area contributed by atoms with Gasteiger partial charge in [-0.05, 0) is 58.2 Å². The summed E-state index contributed by atoms with van der Waals surface area (Å²) >= 11 is 0. The van der Waals surface area contributed by atoms with Gasteiger partial charge in [0.1, 0.15) is 0 Å². The van der Waals surface area contributed by atoms with Crippen molar-refractivity contribution in [1.82, 2.24) is 25.2 Å². The molecule has 0 spiro atoms. The van der Waals surface area contributed by atoms with E-state index >= 15 is 0 Å². The van der Waals surface area contributed by atoms with Crippen molar-refractivity contribution in [3.63, 3.8) is 0 Å². The Bertz CT molecular complexity index is 687. The van der Waals surface area contributed by atoms with Crippen LogP contribution in [0.2, 0.25) is 0 Å². The SMILES string of the molecule is C[C@H](NC(=O)[C@H](C)N1[C@H](C)CC[C@H]1C)c1ccc(-n2ccnn2)cc1. The van der Waals surface area contributed by atoms with Crippen molar-refractivity contribution in [3.05, 3.63) is 42.2 Å². The predicted molar refractivity (Wildman–Crippen MR) is 97.4 cm³/mol. The highest BCUT2D eigenvalue weighted by atomic mass is 16.2. The number of carbonyl (C=O) groups is 1. The normalized spacial score (nSPS) is 23.4. The maximum absolute atomic E-state index is 12.7. The van der Waals surface area contributed by atoms with Gasteiger partial charge in [0.25, 0.3) is 0 Å². The Labute approximate surface area is 149 Å². The second-order valence-electron chi connectivity index (χ2n) is 7.07. The average molecular weight is 341 g/mol. The second kappa shape index (κ2) is 7.35. The maximum atomic E-state index is 12.7. The predicted octanol–water partition coefficient (Wildman–Crippen LogP) is 2.71. The number of nitrogens with one attached hydrogen (secondary N) is 1. The summed E-state index contributed by atoms with van der Waals surface area (Å²) in [6, 6.07) is 8.81. The lowest BCUT2D eigenvalue weighted by atomic mass is 10.1. The average Bonchev–Trinajstić information content (AvgIpc) is 3.24. The van der Waals surface area contributed by atoms with E-state index in [0.29, 0.717) is 12.1 Å². The molecule has 1 saturated heterocycles. The number of amides is 1. The first-order valence-corrected chi connectivity index (χ1v) is 9.02. The molecule has 4 atom stereocenters. The molecule has 1 aliphatic rings. The number of nitrogens with zero attached hydrogens (tertiary/aromatic N) is 4. The van der Waals surface area contributed by atoms with Crippen molar-refractivity contribution < 1.29 is 4.79 Å². The number of likely N-dealkylation sites (tertiary alicyclic amines) is 1. The number of hydrogen-bond acceptors (Lipinski definition) is 4. The summed E-state index contributed by atoms with van der Waals surface area (Å²) < 4.78 is 1.71. The third kappa shape index (κ3) is 3.74. The van der Waals surface area contributed by atoms with Crippen LogP contribution in [0, 0.1) is 0 Å². The fourth-order valence-corrected chi connectivity index (χ4v) is 3.79. The molecule has 6 heteroatoms. The Balaban J connectivity index is 1.63. The molecule has 1 N–H and O–H groups in total. The third-order valence-electron chi connectivity index (χ3n) is 5.29. The van der Waals surface area contributed by atoms with Crippen molar-refractivity contribution in [2.24, 2.45) is 0 Å². The van der Waals surface area contributed by atoms with E-state index in [4.69, 9.17) is 0 Å². The van der Waals surface area contributed by atoms with Gasteiger partial charge in [-0.1, -0.05) is 17.3 Å². The van der Waals surface area contributed by atoms with E-state index in [2.05, 4.69) is 34.4 Å². The monoisotopic (exact) mass is 341 g/mol. The summed E-state index contributed by atoms with van der Waals surface area (Å²) in [6.45, 7) is 8.44. The number of aromatic nitrogens is 3. The zero-order valence-corrected chi connectivity index (χ0v) is 15.4. The van der Waals surface area contributed by atoms with Crippen LogP contribution in [-0.2, 0) is 4.79 Å². The molecule has 0 bridgehead atoms. The zero-order valence-electron chi connectivity index (χ0n) is 15.4. The summed E-state index contributed by atoms with van der Waals surface area (Å²) in [5.41, 5.74) is 2.03. The number of rotatable bonds is 5. The quantitative estimate of drug-likeness (QED) is 0.908. The molecule has 1 aliphatic heterocycles. The van der Waals surface area contributed by atoms with E-state index in [-0.39, 0.29) is 18.0 Å². The summed E-state index contributed by atoms with van der Waals surface area (Å²) in [6.07, 6.45) is 5.79. The van der Waals surface area contributed by atoms with Gasteiger partial charge in [-0.2, -0.15) is 0 Å². The summed E-state index contributed by atoms with van der Waals surface area (Å²) in [4.78, 5) is 15.0. The lowest BCUT2D eigenvalue weighted by molar-refractivity contribution is -0.127. The van der Waals surface area contributed by atoms with Gasteiger partial charge in [0, 0.05) is 12.1 Å². The van der Waals surface area contributed by atoms with Crippen molar-refractivity contribution in [3.8, 4) is 5.69 Å². The molecule has 2 heterocycles. The van der Waals surface area contributed by atoms with Crippen LogP contribution in [0.25, 0.3) is 5.69 Å². The minimum atomic E-state index is -0.107. The van der Waals surface area contributed by atoms with Crippen LogP contribution >= 0.6 is 0 Å². The molecule has 1 fully saturated rings. The summed E-state index contributed by atoms with van der Waals surface area (Å²) in [5, 5.41) is 11.0. The molecule has 1 amide bonds. The Kier molecular flexibility index (Phi) is 5.18. The van der Waals surface area contributed by atoms with Crippen LogP contribution in [0.4, 0.5) is 0 Å². The highest BCUT2D eigenvalue weighted by Gasteiger charge is 2.34. The highest BCUT2D eigenvalue weighted by Crippen LogP contribution is 2.26. The van der Waals surface area contributed by atoms with Gasteiger partial charge in [-0.3, -0.25) is 9.69 Å². The van der Waals surface area contributed by atoms with Crippen LogP contribution in [0.15, 0.2) is 36.7 Å². The molecular weight excluding hydrogens is 314 g/mol. The first kappa shape index (κ1) is 17.6. The molecule has 0 radical (unpaired) electrons. The molecule has 134 valence electrons. The Hall–Kier alpha value is -2.21. The van der Waals surface area contributed by atoms with E-state index < -0.39 is 0 Å². The van der Waals surface area contributed by atoms with E-state index in [1.54, 1.807) is 17.1 Å². The Morgan fingerprint density at radius 1 is 1.16 bits per heavy atom. The first-order valence-electron chi connectivity index (χ1n) is 9.02. The third-order valence-corrected chi connectivity index (χ3v) is 5.29. The number of benzene rings is 1. The smallest absolute Gasteiger partial charge is 0.237 e. The Morgan fingerprint density at radius 2 is 1.80 bits per heavy atom. The molecule has 1 aromatic heterocycles. The van der Waals surface area contributed by atoms with Crippen molar-refractivity contribution in [2.45, 2.75) is 64.7 Å². The minimum absolute atomic E-state index is 0.0343. The summed E-state index contributed by atoms with van der Waals surface area (Å²) in [7, 11) is 0. The maximum Gasteiger partial charge on any atom is 0.237 e. The fourth-order valence-electron chi connectivity index (χ4n) is 3.79. The summed E-state index contributed by atoms with van der Waals surface area (Å²) in [5.74, 6) is 0.0912. The van der Waals surface area contributed by atoms with Gasteiger partial charge in [0.05, 0.1) is 30.2 Å². The van der Waals surface area contributed by atoms with Gasteiger partial charge in [0.15, 0.2) is 0 Å². The van der Waals surface area contributed by atoms with Crippen LogP contribution < -0.4 is 5.32 Å². The zero-order chi connectivity index (χ0) is 18.0. The van der Waals surface area contributed by atoms with Gasteiger partial charge in [0.2, 0.25) is 5.91 Å². The lowest BCUT2D eigenvalue weighted by Gasteiger charge is -2.32. The van der Waals surface area contributed by atoms with E-state index in [1.807, 2.05) is 38.1 Å². The number of carbonyl (C=O) groups excluding carboxylic acids is 1. The van der Waals surface area contributed by atoms with Gasteiger partial charge in [-0.25, -0.2) is 4.68 Å². The standard InChI is InChI=1S/C19H27N5O/c1-13-5-6-14(2)24(13)16(4)19(25)21-15(3)17-7-9-18(10-8-17)23-12-11-20-22-23/h7-16H,5-6H2,1-4H3,(H,21,25)/t13-,14-,15+,16+/m1/s1. The minimum Gasteiger partial charge on any atom is -0.348 e. The van der Waals surface area contributed by atoms with Crippen molar-refractivity contribution in [2.75, 3.05) is 0 Å². The highest BCUT2D eigenvalue weighted by molar-refractivity contribution is 5.81. The largest absolute Gasteiger partial charge is 0.348 e. The van der Waals surface area contributed by atoms with Crippen LogP contribution in [0.5, 0.6) is 0 Å². The Morgan fingerprint density at radius 3 is 2.36 bits per heavy atom. The van der Waals surface area contributed by atoms with Crippen LogP contribution in [0.1, 0.15) is 52.1 Å². The van der Waals surface area contributed by atoms with E-state index in [1.165, 1.54) is 0 Å². The number of hydrogen-bond donors (Lipinski definition) is 1. The topological polar surface area (TPSA) is 63.1 Å². The molecule has 3 rings (SSSR count). The van der Waals surface area contributed by atoms with Gasteiger partial charge >= 0.3 is 0 Å². The van der Waals surface area contributed by atoms with Gasteiger partial charge in [-0.15, -0.1) is 5.10 Å².